The number of carbonyl (C=O) groups is 2. The van der Waals surface area contributed by atoms with Crippen LogP contribution in [-0.4, -0.2) is 80.6 Å². The second-order valence-corrected chi connectivity index (χ2v) is 7.49. The van der Waals surface area contributed by atoms with Crippen LogP contribution in [0.3, 0.4) is 0 Å². The van der Waals surface area contributed by atoms with Crippen LogP contribution in [0, 0.1) is 11.6 Å². The number of halogens is 2. The van der Waals surface area contributed by atoms with Gasteiger partial charge in [0.05, 0.1) is 31.6 Å². The summed E-state index contributed by atoms with van der Waals surface area (Å²) in [6, 6.07) is 2.15. The van der Waals surface area contributed by atoms with Crippen LogP contribution in [0.25, 0.3) is 5.57 Å². The maximum Gasteiger partial charge on any atom is 0.414 e. The summed E-state index contributed by atoms with van der Waals surface area (Å²) in [7, 11) is 0. The van der Waals surface area contributed by atoms with E-state index in [2.05, 4.69) is 10.3 Å². The topological polar surface area (TPSA) is 121 Å². The van der Waals surface area contributed by atoms with E-state index in [4.69, 9.17) is 9.84 Å². The van der Waals surface area contributed by atoms with E-state index in [1.807, 2.05) is 0 Å². The van der Waals surface area contributed by atoms with Crippen LogP contribution in [0.5, 0.6) is 0 Å². The molecule has 1 unspecified atom stereocenters. The van der Waals surface area contributed by atoms with Crippen LogP contribution >= 0.6 is 0 Å². The van der Waals surface area contributed by atoms with Gasteiger partial charge in [0.25, 0.3) is 5.91 Å². The molecule has 2 amide bonds. The molecule has 170 valence electrons. The zero-order valence-corrected chi connectivity index (χ0v) is 16.9. The molecule has 4 rings (SSSR count). The molecule has 2 aliphatic heterocycles. The molecule has 12 heteroatoms. The molecule has 1 aromatic carbocycles. The van der Waals surface area contributed by atoms with Crippen LogP contribution in [0.2, 0.25) is 0 Å². The molecule has 0 saturated carbocycles. The number of aliphatic hydroxyl groups excluding tert-OH is 2. The zero-order valence-electron chi connectivity index (χ0n) is 16.9. The third-order valence-corrected chi connectivity index (χ3v) is 5.38. The first-order valence-electron chi connectivity index (χ1n) is 9.95. The number of benzene rings is 1. The van der Waals surface area contributed by atoms with Gasteiger partial charge in [-0.25, -0.2) is 18.3 Å². The van der Waals surface area contributed by atoms with Gasteiger partial charge in [-0.2, -0.15) is 0 Å². The first kappa shape index (κ1) is 21.8. The highest BCUT2D eigenvalue weighted by molar-refractivity contribution is 5.90. The first-order chi connectivity index (χ1) is 15.4. The van der Waals surface area contributed by atoms with Crippen LogP contribution in [-0.2, 0) is 16.1 Å². The molecule has 2 atom stereocenters. The minimum absolute atomic E-state index is 0.0362. The Labute approximate surface area is 181 Å². The second-order valence-electron chi connectivity index (χ2n) is 7.49. The molecule has 2 aliphatic rings. The van der Waals surface area contributed by atoms with Gasteiger partial charge in [0.2, 0.25) is 0 Å². The number of nitrogens with zero attached hydrogens (tertiary/aromatic N) is 5. The lowest BCUT2D eigenvalue weighted by Crippen LogP contribution is -2.42. The Hall–Kier alpha value is -3.38. The highest BCUT2D eigenvalue weighted by Crippen LogP contribution is 2.32. The number of cyclic esters (lactones) is 1. The van der Waals surface area contributed by atoms with E-state index < -0.39 is 42.4 Å². The van der Waals surface area contributed by atoms with Crippen molar-refractivity contribution in [1.82, 2.24) is 19.9 Å². The average Bonchev–Trinajstić information content (AvgIpc) is 3.42. The summed E-state index contributed by atoms with van der Waals surface area (Å²) in [5, 5.41) is 25.8. The van der Waals surface area contributed by atoms with Gasteiger partial charge in [0.15, 0.2) is 6.10 Å². The fraction of sp³-hybridized carbons (Fsp3) is 0.400. The van der Waals surface area contributed by atoms with Gasteiger partial charge < -0.3 is 19.8 Å². The number of carbonyl (C=O) groups excluding carboxylic acids is 2. The minimum atomic E-state index is -1.52. The number of amides is 2. The molecule has 0 radical (unpaired) electrons. The monoisotopic (exact) mass is 449 g/mol. The van der Waals surface area contributed by atoms with Gasteiger partial charge in [-0.1, -0.05) is 11.3 Å². The first-order valence-corrected chi connectivity index (χ1v) is 9.95. The van der Waals surface area contributed by atoms with E-state index in [1.54, 1.807) is 6.20 Å². The third-order valence-electron chi connectivity index (χ3n) is 5.38. The average molecular weight is 449 g/mol. The smallest absolute Gasteiger partial charge is 0.414 e. The summed E-state index contributed by atoms with van der Waals surface area (Å²) in [6.45, 7) is -0.142. The molecule has 32 heavy (non-hydrogen) atoms. The van der Waals surface area contributed by atoms with Crippen molar-refractivity contribution in [2.24, 2.45) is 0 Å². The lowest BCUT2D eigenvalue weighted by atomic mass is 9.97. The van der Waals surface area contributed by atoms with Crippen molar-refractivity contribution in [3.63, 3.8) is 0 Å². The Kier molecular flexibility index (Phi) is 6.15. The van der Waals surface area contributed by atoms with E-state index in [-0.39, 0.29) is 43.9 Å². The Balaban J connectivity index is 1.49. The molecule has 0 spiro atoms. The van der Waals surface area contributed by atoms with E-state index >= 15 is 0 Å². The summed E-state index contributed by atoms with van der Waals surface area (Å²) in [4.78, 5) is 26.6. The molecule has 1 saturated heterocycles. The van der Waals surface area contributed by atoms with Crippen molar-refractivity contribution in [2.45, 2.75) is 25.2 Å². The predicted molar refractivity (Wildman–Crippen MR) is 106 cm³/mol. The van der Waals surface area contributed by atoms with Crippen LogP contribution in [0.15, 0.2) is 30.6 Å². The number of ether oxygens (including phenoxy) is 1. The molecule has 3 heterocycles. The number of hydrogen-bond acceptors (Lipinski definition) is 7. The van der Waals surface area contributed by atoms with E-state index in [1.165, 1.54) is 21.9 Å². The lowest BCUT2D eigenvalue weighted by molar-refractivity contribution is -0.141. The molecule has 2 N–H and O–H groups in total. The number of hydrogen-bond donors (Lipinski definition) is 2. The lowest BCUT2D eigenvalue weighted by Gasteiger charge is -2.28. The highest BCUT2D eigenvalue weighted by Gasteiger charge is 2.34. The summed E-state index contributed by atoms with van der Waals surface area (Å²) in [5.41, 5.74) is 0.187. The van der Waals surface area contributed by atoms with Crippen molar-refractivity contribution in [1.29, 1.82) is 0 Å². The quantitative estimate of drug-likeness (QED) is 0.661. The normalized spacial score (nSPS) is 19.7. The van der Waals surface area contributed by atoms with Gasteiger partial charge in [-0.05, 0) is 24.1 Å². The van der Waals surface area contributed by atoms with Gasteiger partial charge in [-0.15, -0.1) is 5.10 Å². The maximum atomic E-state index is 14.9. The summed E-state index contributed by atoms with van der Waals surface area (Å²) >= 11 is 0. The third kappa shape index (κ3) is 4.32. The zero-order chi connectivity index (χ0) is 22.8. The Morgan fingerprint density at radius 1 is 1.31 bits per heavy atom. The van der Waals surface area contributed by atoms with Gasteiger partial charge in [0.1, 0.15) is 17.7 Å². The van der Waals surface area contributed by atoms with E-state index in [0.29, 0.717) is 5.57 Å². The SMILES string of the molecule is O=C(C(O)CO)N1CC=C(c2c(F)cc(N3C[C@H](Cn4ccnn4)OC3=O)cc2F)CC1. The fourth-order valence-electron chi connectivity index (χ4n) is 3.77. The van der Waals surface area contributed by atoms with Crippen LogP contribution < -0.4 is 4.90 Å². The maximum absolute atomic E-state index is 14.9. The van der Waals surface area contributed by atoms with Crippen LogP contribution in [0.4, 0.5) is 19.3 Å². The van der Waals surface area contributed by atoms with Gasteiger partial charge in [0, 0.05) is 24.8 Å². The molecular weight excluding hydrogens is 428 g/mol. The fourth-order valence-corrected chi connectivity index (χ4v) is 3.77. The second kappa shape index (κ2) is 9.01. The summed E-state index contributed by atoms with van der Waals surface area (Å²) in [5.74, 6) is -2.32. The number of aromatic nitrogens is 3. The van der Waals surface area contributed by atoms with Crippen LogP contribution in [0.1, 0.15) is 12.0 Å². The molecule has 0 aliphatic carbocycles. The summed E-state index contributed by atoms with van der Waals surface area (Å²) < 4.78 is 36.5. The van der Waals surface area contributed by atoms with Crippen molar-refractivity contribution in [3.8, 4) is 0 Å². The summed E-state index contributed by atoms with van der Waals surface area (Å²) in [6.07, 6.45) is 1.99. The van der Waals surface area contributed by atoms with Crippen molar-refractivity contribution in [2.75, 3.05) is 31.1 Å². The van der Waals surface area contributed by atoms with E-state index in [9.17, 15) is 23.5 Å². The van der Waals surface area contributed by atoms with Crippen molar-refractivity contribution in [3.05, 3.63) is 47.8 Å². The van der Waals surface area contributed by atoms with Gasteiger partial charge in [-0.3, -0.25) is 9.69 Å². The molecule has 1 fully saturated rings. The van der Waals surface area contributed by atoms with E-state index in [0.717, 1.165) is 17.0 Å². The standard InChI is InChI=1S/C20H21F2N5O5/c21-15-7-13(27-10-14(32-20(27)31)9-26-6-3-23-24-26)8-16(22)18(15)12-1-4-25(5-2-12)19(30)17(29)11-28/h1,3,6-8,14,17,28-29H,2,4-5,9-11H2/t14-,17?/m0/s1. The minimum Gasteiger partial charge on any atom is -0.442 e. The highest BCUT2D eigenvalue weighted by atomic mass is 19.1. The Morgan fingerprint density at radius 2 is 2.06 bits per heavy atom. The number of anilines is 1. The molecular formula is C20H21F2N5O5. The predicted octanol–water partition coefficient (Wildman–Crippen LogP) is 0.551. The number of rotatable bonds is 6. The molecule has 2 aromatic rings. The molecule has 0 bridgehead atoms. The molecule has 10 nitrogen and oxygen atoms in total. The molecule has 1 aromatic heterocycles. The number of aliphatic hydroxyl groups is 2. The van der Waals surface area contributed by atoms with Crippen molar-refractivity contribution >= 4 is 23.3 Å². The van der Waals surface area contributed by atoms with Crippen molar-refractivity contribution < 1.29 is 33.3 Å². The Bertz CT molecular complexity index is 1020. The van der Waals surface area contributed by atoms with Gasteiger partial charge >= 0.3 is 6.09 Å². The Morgan fingerprint density at radius 3 is 2.66 bits per heavy atom. The largest absolute Gasteiger partial charge is 0.442 e.